The van der Waals surface area contributed by atoms with Crippen molar-refractivity contribution in [2.45, 2.75) is 348 Å². The lowest BCUT2D eigenvalue weighted by molar-refractivity contribution is -0.167. The van der Waals surface area contributed by atoms with Crippen molar-refractivity contribution in [3.05, 3.63) is 24.3 Å². The van der Waals surface area contributed by atoms with Crippen molar-refractivity contribution in [1.29, 1.82) is 0 Å². The van der Waals surface area contributed by atoms with Gasteiger partial charge >= 0.3 is 17.9 Å². The molecule has 0 aliphatic rings. The lowest BCUT2D eigenvalue weighted by Gasteiger charge is -2.18. The molecule has 0 radical (unpaired) electrons. The first kappa shape index (κ1) is 66.9. The van der Waals surface area contributed by atoms with Crippen molar-refractivity contribution < 1.29 is 28.6 Å². The predicted octanol–water partition coefficient (Wildman–Crippen LogP) is 20.7. The standard InChI is InChI=1S/C63H118O6/c1-4-7-10-13-16-19-22-25-27-29-30-31-32-34-36-39-42-45-48-51-54-57-63(66)69-60(58-67-61(64)55-52-49-46-43-40-37-24-21-18-15-12-9-6-3)59-68-62(65)56-53-50-47-44-41-38-35-33-28-26-23-20-17-14-11-8-5-2/h25-28,60H,4-24,29-59H2,1-3H3/b27-25-,28-26-/t60-/m0/s1. The van der Waals surface area contributed by atoms with Crippen LogP contribution in [0.3, 0.4) is 0 Å². The van der Waals surface area contributed by atoms with Gasteiger partial charge in [0, 0.05) is 19.3 Å². The molecule has 0 aromatic carbocycles. The molecular weight excluding hydrogens is 853 g/mol. The van der Waals surface area contributed by atoms with Gasteiger partial charge in [0.1, 0.15) is 13.2 Å². The van der Waals surface area contributed by atoms with Crippen molar-refractivity contribution >= 4 is 17.9 Å². The Kier molecular flexibility index (Phi) is 56.7. The highest BCUT2D eigenvalue weighted by Gasteiger charge is 2.19. The summed E-state index contributed by atoms with van der Waals surface area (Å²) >= 11 is 0. The first-order valence-corrected chi connectivity index (χ1v) is 30.8. The topological polar surface area (TPSA) is 78.9 Å². The van der Waals surface area contributed by atoms with E-state index < -0.39 is 6.10 Å². The van der Waals surface area contributed by atoms with Gasteiger partial charge in [-0.1, -0.05) is 276 Å². The monoisotopic (exact) mass is 971 g/mol. The van der Waals surface area contributed by atoms with Crippen molar-refractivity contribution in [2.75, 3.05) is 13.2 Å². The van der Waals surface area contributed by atoms with E-state index in [9.17, 15) is 14.4 Å². The van der Waals surface area contributed by atoms with Crippen LogP contribution in [0.4, 0.5) is 0 Å². The molecule has 0 spiro atoms. The van der Waals surface area contributed by atoms with Gasteiger partial charge in [-0.25, -0.2) is 0 Å². The van der Waals surface area contributed by atoms with Crippen LogP contribution in [0.5, 0.6) is 0 Å². The van der Waals surface area contributed by atoms with Gasteiger partial charge in [-0.3, -0.25) is 14.4 Å². The minimum absolute atomic E-state index is 0.0679. The Bertz CT molecular complexity index is 1110. The molecule has 0 fully saturated rings. The van der Waals surface area contributed by atoms with Crippen LogP contribution in [-0.2, 0) is 28.6 Å². The summed E-state index contributed by atoms with van der Waals surface area (Å²) in [6.07, 6.45) is 68.9. The fraction of sp³-hybridized carbons (Fsp3) is 0.889. The second-order valence-corrected chi connectivity index (χ2v) is 21.0. The molecule has 0 aliphatic carbocycles. The Morgan fingerprint density at radius 1 is 0.275 bits per heavy atom. The zero-order valence-electron chi connectivity index (χ0n) is 46.6. The molecule has 0 N–H and O–H groups in total. The number of hydrogen-bond donors (Lipinski definition) is 0. The maximum atomic E-state index is 12.9. The Labute approximate surface area is 430 Å². The summed E-state index contributed by atoms with van der Waals surface area (Å²) in [6, 6.07) is 0. The lowest BCUT2D eigenvalue weighted by Crippen LogP contribution is -2.30. The number of esters is 3. The molecule has 0 amide bonds. The van der Waals surface area contributed by atoms with E-state index in [0.717, 1.165) is 57.8 Å². The summed E-state index contributed by atoms with van der Waals surface area (Å²) in [5, 5.41) is 0. The van der Waals surface area contributed by atoms with Crippen molar-refractivity contribution in [3.63, 3.8) is 0 Å². The van der Waals surface area contributed by atoms with Gasteiger partial charge < -0.3 is 14.2 Å². The molecule has 6 nitrogen and oxygen atoms in total. The first-order chi connectivity index (χ1) is 34.0. The first-order valence-electron chi connectivity index (χ1n) is 30.8. The van der Waals surface area contributed by atoms with Crippen LogP contribution < -0.4 is 0 Å². The van der Waals surface area contributed by atoms with Gasteiger partial charge in [0.25, 0.3) is 0 Å². The molecule has 0 saturated heterocycles. The molecular formula is C63H118O6. The molecule has 0 aromatic rings. The maximum absolute atomic E-state index is 12.9. The predicted molar refractivity (Wildman–Crippen MR) is 298 cm³/mol. The highest BCUT2D eigenvalue weighted by molar-refractivity contribution is 5.71. The number of carbonyl (C=O) groups excluding carboxylic acids is 3. The van der Waals surface area contributed by atoms with Gasteiger partial charge in [-0.15, -0.1) is 0 Å². The van der Waals surface area contributed by atoms with E-state index in [-0.39, 0.29) is 31.1 Å². The molecule has 0 aromatic heterocycles. The molecule has 69 heavy (non-hydrogen) atoms. The van der Waals surface area contributed by atoms with E-state index >= 15 is 0 Å². The van der Waals surface area contributed by atoms with Crippen LogP contribution >= 0.6 is 0 Å². The quantitative estimate of drug-likeness (QED) is 0.0261. The summed E-state index contributed by atoms with van der Waals surface area (Å²) in [5.74, 6) is -0.850. The number of hydrogen-bond acceptors (Lipinski definition) is 6. The Balaban J connectivity index is 4.30. The molecule has 0 bridgehead atoms. The third-order valence-corrected chi connectivity index (χ3v) is 13.9. The van der Waals surface area contributed by atoms with E-state index in [1.807, 2.05) is 0 Å². The molecule has 0 heterocycles. The zero-order chi connectivity index (χ0) is 50.0. The number of rotatable bonds is 57. The number of ether oxygens (including phenoxy) is 3. The van der Waals surface area contributed by atoms with Crippen LogP contribution in [0.15, 0.2) is 24.3 Å². The number of unbranched alkanes of at least 4 members (excludes halogenated alkanes) is 42. The SMILES string of the molecule is CCCCCCCC/C=C\CCCCCCCCCCCCCC(=O)O[C@H](COC(=O)CCCCCCCCC/C=C\CCCCCCCC)COC(=O)CCCCCCCCCCCCCCC. The van der Waals surface area contributed by atoms with E-state index in [4.69, 9.17) is 14.2 Å². The van der Waals surface area contributed by atoms with Gasteiger partial charge in [-0.05, 0) is 70.6 Å². The minimum atomic E-state index is -0.770. The molecule has 406 valence electrons. The summed E-state index contributed by atoms with van der Waals surface area (Å²) in [5.41, 5.74) is 0. The fourth-order valence-corrected chi connectivity index (χ4v) is 9.26. The van der Waals surface area contributed by atoms with E-state index in [1.165, 1.54) is 244 Å². The van der Waals surface area contributed by atoms with Gasteiger partial charge in [-0.2, -0.15) is 0 Å². The van der Waals surface area contributed by atoms with Crippen molar-refractivity contribution in [3.8, 4) is 0 Å². The third kappa shape index (κ3) is 56.7. The van der Waals surface area contributed by atoms with E-state index in [2.05, 4.69) is 45.1 Å². The zero-order valence-corrected chi connectivity index (χ0v) is 46.6. The van der Waals surface area contributed by atoms with Crippen LogP contribution in [0.25, 0.3) is 0 Å². The summed E-state index contributed by atoms with van der Waals surface area (Å²) in [7, 11) is 0. The van der Waals surface area contributed by atoms with E-state index in [0.29, 0.717) is 19.3 Å². The highest BCUT2D eigenvalue weighted by atomic mass is 16.6. The van der Waals surface area contributed by atoms with Crippen molar-refractivity contribution in [2.24, 2.45) is 0 Å². The molecule has 0 unspecified atom stereocenters. The highest BCUT2D eigenvalue weighted by Crippen LogP contribution is 2.17. The van der Waals surface area contributed by atoms with Gasteiger partial charge in [0.15, 0.2) is 6.10 Å². The summed E-state index contributed by atoms with van der Waals surface area (Å²) < 4.78 is 16.9. The van der Waals surface area contributed by atoms with Crippen LogP contribution in [0, 0.1) is 0 Å². The van der Waals surface area contributed by atoms with Crippen LogP contribution in [0.2, 0.25) is 0 Å². The van der Waals surface area contributed by atoms with Gasteiger partial charge in [0.2, 0.25) is 0 Å². The molecule has 0 saturated carbocycles. The third-order valence-electron chi connectivity index (χ3n) is 13.9. The number of allylic oxidation sites excluding steroid dienone is 4. The average Bonchev–Trinajstić information content (AvgIpc) is 3.35. The minimum Gasteiger partial charge on any atom is -0.462 e. The largest absolute Gasteiger partial charge is 0.462 e. The Morgan fingerprint density at radius 2 is 0.478 bits per heavy atom. The number of carbonyl (C=O) groups is 3. The summed E-state index contributed by atoms with van der Waals surface area (Å²) in [4.78, 5) is 38.2. The molecule has 0 rings (SSSR count). The normalized spacial score (nSPS) is 12.1. The lowest BCUT2D eigenvalue weighted by atomic mass is 10.0. The smallest absolute Gasteiger partial charge is 0.306 e. The van der Waals surface area contributed by atoms with Crippen LogP contribution in [0.1, 0.15) is 342 Å². The second-order valence-electron chi connectivity index (χ2n) is 21.0. The molecule has 6 heteroatoms. The Hall–Kier alpha value is -2.11. The van der Waals surface area contributed by atoms with Crippen molar-refractivity contribution in [1.82, 2.24) is 0 Å². The average molecular weight is 972 g/mol. The molecule has 0 aliphatic heterocycles. The summed E-state index contributed by atoms with van der Waals surface area (Å²) in [6.45, 7) is 6.68. The Morgan fingerprint density at radius 3 is 0.725 bits per heavy atom. The van der Waals surface area contributed by atoms with Gasteiger partial charge in [0.05, 0.1) is 0 Å². The second kappa shape index (κ2) is 58.5. The fourth-order valence-electron chi connectivity index (χ4n) is 9.26. The maximum Gasteiger partial charge on any atom is 0.306 e. The van der Waals surface area contributed by atoms with Crippen LogP contribution in [-0.4, -0.2) is 37.2 Å². The van der Waals surface area contributed by atoms with E-state index in [1.54, 1.807) is 0 Å². The molecule has 1 atom stereocenters.